The molecule has 0 spiro atoms. The van der Waals surface area contributed by atoms with Crippen molar-refractivity contribution in [1.29, 1.82) is 0 Å². The van der Waals surface area contributed by atoms with Crippen molar-refractivity contribution in [3.8, 4) is 0 Å². The molecule has 1 aliphatic rings. The van der Waals surface area contributed by atoms with E-state index in [0.717, 1.165) is 18.4 Å². The SMILES string of the molecule is CC1CCC(C(C)C)C(OC(=O)CC(NC(=O)OC(C)(C)C)c2ccccc2)C1. The summed E-state index contributed by atoms with van der Waals surface area (Å²) in [6.45, 7) is 12.0. The minimum atomic E-state index is -0.603. The summed E-state index contributed by atoms with van der Waals surface area (Å²) in [5.74, 6) is 1.15. The third kappa shape index (κ3) is 7.71. The van der Waals surface area contributed by atoms with Gasteiger partial charge in [0.1, 0.15) is 11.7 Å². The molecule has 5 nitrogen and oxygen atoms in total. The van der Waals surface area contributed by atoms with Gasteiger partial charge >= 0.3 is 12.1 Å². The number of hydrogen-bond donors (Lipinski definition) is 1. The third-order valence-electron chi connectivity index (χ3n) is 5.51. The number of amides is 1. The molecule has 0 aromatic heterocycles. The Balaban J connectivity index is 2.07. The molecule has 0 radical (unpaired) electrons. The van der Waals surface area contributed by atoms with Gasteiger partial charge in [0.2, 0.25) is 0 Å². The van der Waals surface area contributed by atoms with Gasteiger partial charge in [-0.1, -0.05) is 57.5 Å². The average Bonchev–Trinajstić information content (AvgIpc) is 2.60. The van der Waals surface area contributed by atoms with Gasteiger partial charge in [0.15, 0.2) is 0 Å². The van der Waals surface area contributed by atoms with Crippen LogP contribution in [0, 0.1) is 17.8 Å². The van der Waals surface area contributed by atoms with Gasteiger partial charge in [-0.3, -0.25) is 4.79 Å². The second kappa shape index (κ2) is 10.1. The standard InChI is InChI=1S/C24H37NO4/c1-16(2)19-13-12-17(3)14-21(19)28-22(26)15-20(18-10-8-7-9-11-18)25-23(27)29-24(4,5)6/h7-11,16-17,19-21H,12-15H2,1-6H3,(H,25,27). The predicted octanol–water partition coefficient (Wildman–Crippen LogP) is 5.65. The van der Waals surface area contributed by atoms with Crippen LogP contribution < -0.4 is 5.32 Å². The molecule has 5 heteroatoms. The number of alkyl carbamates (subject to hydrolysis) is 1. The second-order valence-corrected chi connectivity index (χ2v) is 9.67. The van der Waals surface area contributed by atoms with Gasteiger partial charge in [0, 0.05) is 0 Å². The van der Waals surface area contributed by atoms with E-state index in [2.05, 4.69) is 26.1 Å². The van der Waals surface area contributed by atoms with E-state index < -0.39 is 17.7 Å². The highest BCUT2D eigenvalue weighted by atomic mass is 16.6. The van der Waals surface area contributed by atoms with Crippen molar-refractivity contribution in [3.63, 3.8) is 0 Å². The zero-order valence-electron chi connectivity index (χ0n) is 18.7. The average molecular weight is 404 g/mol. The largest absolute Gasteiger partial charge is 0.462 e. The Morgan fingerprint density at radius 2 is 1.79 bits per heavy atom. The molecule has 162 valence electrons. The summed E-state index contributed by atoms with van der Waals surface area (Å²) in [7, 11) is 0. The molecule has 1 saturated carbocycles. The molecule has 29 heavy (non-hydrogen) atoms. The fraction of sp³-hybridized carbons (Fsp3) is 0.667. The Morgan fingerprint density at radius 1 is 1.14 bits per heavy atom. The quantitative estimate of drug-likeness (QED) is 0.624. The molecule has 1 amide bonds. The molecule has 0 bridgehead atoms. The number of benzene rings is 1. The zero-order valence-corrected chi connectivity index (χ0v) is 18.7. The summed E-state index contributed by atoms with van der Waals surface area (Å²) in [4.78, 5) is 25.1. The normalized spacial score (nSPS) is 23.3. The van der Waals surface area contributed by atoms with Crippen LogP contribution in [0.2, 0.25) is 0 Å². The minimum Gasteiger partial charge on any atom is -0.462 e. The van der Waals surface area contributed by atoms with Gasteiger partial charge in [0.25, 0.3) is 0 Å². The number of carbonyl (C=O) groups is 2. The lowest BCUT2D eigenvalue weighted by molar-refractivity contribution is -0.156. The molecule has 1 aromatic carbocycles. The summed E-state index contributed by atoms with van der Waals surface area (Å²) in [6.07, 6.45) is 2.68. The Hall–Kier alpha value is -2.04. The van der Waals surface area contributed by atoms with Crippen molar-refractivity contribution in [1.82, 2.24) is 5.32 Å². The van der Waals surface area contributed by atoms with E-state index in [-0.39, 0.29) is 18.5 Å². The van der Waals surface area contributed by atoms with E-state index in [0.29, 0.717) is 17.8 Å². The van der Waals surface area contributed by atoms with Crippen LogP contribution in [0.3, 0.4) is 0 Å². The maximum atomic E-state index is 12.8. The summed E-state index contributed by atoms with van der Waals surface area (Å²) < 4.78 is 11.3. The number of nitrogens with one attached hydrogen (secondary N) is 1. The Labute approximate surface area is 175 Å². The Bertz CT molecular complexity index is 665. The number of hydrogen-bond acceptors (Lipinski definition) is 4. The Morgan fingerprint density at radius 3 is 2.38 bits per heavy atom. The monoisotopic (exact) mass is 403 g/mol. The first-order chi connectivity index (χ1) is 13.5. The maximum Gasteiger partial charge on any atom is 0.408 e. The highest BCUT2D eigenvalue weighted by Crippen LogP contribution is 2.35. The van der Waals surface area contributed by atoms with Crippen molar-refractivity contribution < 1.29 is 19.1 Å². The van der Waals surface area contributed by atoms with Crippen LogP contribution in [0.5, 0.6) is 0 Å². The van der Waals surface area contributed by atoms with E-state index in [1.807, 2.05) is 51.1 Å². The van der Waals surface area contributed by atoms with Crippen molar-refractivity contribution >= 4 is 12.1 Å². The molecular weight excluding hydrogens is 366 g/mol. The van der Waals surface area contributed by atoms with E-state index in [4.69, 9.17) is 9.47 Å². The number of ether oxygens (including phenoxy) is 2. The first kappa shape index (κ1) is 23.2. The molecule has 1 aliphatic carbocycles. The number of rotatable bonds is 6. The van der Waals surface area contributed by atoms with Gasteiger partial charge in [-0.05, 0) is 56.9 Å². The minimum absolute atomic E-state index is 0.0517. The molecule has 2 rings (SSSR count). The lowest BCUT2D eigenvalue weighted by Crippen LogP contribution is -2.38. The van der Waals surface area contributed by atoms with Crippen LogP contribution >= 0.6 is 0 Å². The van der Waals surface area contributed by atoms with Crippen molar-refractivity contribution in [2.75, 3.05) is 0 Å². The van der Waals surface area contributed by atoms with Gasteiger partial charge in [-0.15, -0.1) is 0 Å². The van der Waals surface area contributed by atoms with Crippen LogP contribution in [-0.2, 0) is 14.3 Å². The highest BCUT2D eigenvalue weighted by Gasteiger charge is 2.34. The molecule has 0 saturated heterocycles. The Kier molecular flexibility index (Phi) is 8.12. The van der Waals surface area contributed by atoms with Crippen molar-refractivity contribution in [2.24, 2.45) is 17.8 Å². The predicted molar refractivity (Wildman–Crippen MR) is 114 cm³/mol. The number of esters is 1. The highest BCUT2D eigenvalue weighted by molar-refractivity contribution is 5.73. The fourth-order valence-corrected chi connectivity index (χ4v) is 4.02. The molecule has 0 aliphatic heterocycles. The first-order valence-corrected chi connectivity index (χ1v) is 10.8. The van der Waals surface area contributed by atoms with Crippen LogP contribution in [-0.4, -0.2) is 23.8 Å². The zero-order chi connectivity index (χ0) is 21.6. The maximum absolute atomic E-state index is 12.8. The molecule has 1 N–H and O–H groups in total. The van der Waals surface area contributed by atoms with Crippen LogP contribution in [0.15, 0.2) is 30.3 Å². The summed E-state index contributed by atoms with van der Waals surface area (Å²) in [5.41, 5.74) is 0.252. The molecule has 0 heterocycles. The molecule has 4 unspecified atom stereocenters. The van der Waals surface area contributed by atoms with Crippen LogP contribution in [0.1, 0.15) is 78.8 Å². The smallest absolute Gasteiger partial charge is 0.408 e. The lowest BCUT2D eigenvalue weighted by atomic mass is 9.75. The van der Waals surface area contributed by atoms with E-state index in [1.165, 1.54) is 6.42 Å². The number of carbonyl (C=O) groups excluding carboxylic acids is 2. The second-order valence-electron chi connectivity index (χ2n) is 9.67. The fourth-order valence-electron chi connectivity index (χ4n) is 4.02. The van der Waals surface area contributed by atoms with Crippen LogP contribution in [0.4, 0.5) is 4.79 Å². The van der Waals surface area contributed by atoms with Gasteiger partial charge in [0.05, 0.1) is 12.5 Å². The lowest BCUT2D eigenvalue weighted by Gasteiger charge is -2.37. The molecule has 4 atom stereocenters. The third-order valence-corrected chi connectivity index (χ3v) is 5.51. The van der Waals surface area contributed by atoms with Crippen molar-refractivity contribution in [3.05, 3.63) is 35.9 Å². The topological polar surface area (TPSA) is 64.6 Å². The molecule has 1 aromatic rings. The first-order valence-electron chi connectivity index (χ1n) is 10.8. The van der Waals surface area contributed by atoms with Crippen LogP contribution in [0.25, 0.3) is 0 Å². The van der Waals surface area contributed by atoms with E-state index >= 15 is 0 Å². The van der Waals surface area contributed by atoms with Gasteiger partial charge < -0.3 is 14.8 Å². The summed E-state index contributed by atoms with van der Waals surface area (Å²) >= 11 is 0. The van der Waals surface area contributed by atoms with E-state index in [9.17, 15) is 9.59 Å². The van der Waals surface area contributed by atoms with E-state index in [1.54, 1.807) is 0 Å². The summed E-state index contributed by atoms with van der Waals surface area (Å²) in [6, 6.07) is 8.99. The summed E-state index contributed by atoms with van der Waals surface area (Å²) in [5, 5.41) is 2.84. The van der Waals surface area contributed by atoms with Gasteiger partial charge in [-0.2, -0.15) is 0 Å². The molecule has 1 fully saturated rings. The van der Waals surface area contributed by atoms with Crippen molar-refractivity contribution in [2.45, 2.75) is 85.0 Å². The van der Waals surface area contributed by atoms with Gasteiger partial charge in [-0.25, -0.2) is 4.79 Å². The molecular formula is C24H37NO4.